The molecule has 0 aliphatic carbocycles. The van der Waals surface area contributed by atoms with Crippen LogP contribution in [-0.4, -0.2) is 12.9 Å². The molecule has 3 rings (SSSR count). The number of rotatable bonds is 6. The summed E-state index contributed by atoms with van der Waals surface area (Å²) in [4.78, 5) is 11.3. The van der Waals surface area contributed by atoms with Crippen LogP contribution in [0.3, 0.4) is 0 Å². The van der Waals surface area contributed by atoms with Crippen LogP contribution in [0.25, 0.3) is 11.1 Å². The van der Waals surface area contributed by atoms with Crippen molar-refractivity contribution in [3.8, 4) is 22.6 Å². The number of ether oxygens (including phenoxy) is 2. The molecule has 0 saturated heterocycles. The first-order chi connectivity index (χ1) is 12.2. The van der Waals surface area contributed by atoms with Crippen LogP contribution in [0.4, 0.5) is 0 Å². The minimum atomic E-state index is 0.0776. The van der Waals surface area contributed by atoms with E-state index in [0.29, 0.717) is 6.61 Å². The zero-order valence-electron chi connectivity index (χ0n) is 14.4. The van der Waals surface area contributed by atoms with Gasteiger partial charge in [0.2, 0.25) is 0 Å². The normalized spacial score (nSPS) is 10.3. The first-order valence-electron chi connectivity index (χ1n) is 8.13. The third-order valence-electron chi connectivity index (χ3n) is 4.04. The summed E-state index contributed by atoms with van der Waals surface area (Å²) in [5.74, 6) is 1.73. The number of hydrogen-bond donors (Lipinski definition) is 0. The van der Waals surface area contributed by atoms with E-state index >= 15 is 0 Å². The molecule has 3 nitrogen and oxygen atoms in total. The minimum absolute atomic E-state index is 0.0776. The molecular weight excluding hydrogens is 312 g/mol. The average molecular weight is 332 g/mol. The van der Waals surface area contributed by atoms with Crippen LogP contribution in [-0.2, 0) is 6.61 Å². The molecule has 0 amide bonds. The van der Waals surface area contributed by atoms with E-state index in [1.165, 1.54) is 0 Å². The molecule has 3 aromatic rings. The highest BCUT2D eigenvalue weighted by Crippen LogP contribution is 2.23. The molecule has 0 saturated carbocycles. The summed E-state index contributed by atoms with van der Waals surface area (Å²) in [6.07, 6.45) is 0. The summed E-state index contributed by atoms with van der Waals surface area (Å²) in [5, 5.41) is 0. The topological polar surface area (TPSA) is 35.5 Å². The zero-order valence-corrected chi connectivity index (χ0v) is 14.4. The largest absolute Gasteiger partial charge is 0.497 e. The van der Waals surface area contributed by atoms with Crippen molar-refractivity contribution >= 4 is 5.78 Å². The van der Waals surface area contributed by atoms with Gasteiger partial charge in [-0.25, -0.2) is 0 Å². The van der Waals surface area contributed by atoms with E-state index in [-0.39, 0.29) is 5.78 Å². The van der Waals surface area contributed by atoms with Crippen LogP contribution in [0.1, 0.15) is 22.8 Å². The third-order valence-corrected chi connectivity index (χ3v) is 4.04. The zero-order chi connectivity index (χ0) is 17.6. The van der Waals surface area contributed by atoms with Crippen LogP contribution < -0.4 is 9.47 Å². The van der Waals surface area contributed by atoms with Gasteiger partial charge >= 0.3 is 0 Å². The maximum atomic E-state index is 11.3. The van der Waals surface area contributed by atoms with Gasteiger partial charge in [0.05, 0.1) is 7.11 Å². The van der Waals surface area contributed by atoms with Crippen molar-refractivity contribution in [2.75, 3.05) is 7.11 Å². The molecule has 0 atom stereocenters. The first-order valence-corrected chi connectivity index (χ1v) is 8.13. The smallest absolute Gasteiger partial charge is 0.159 e. The Balaban J connectivity index is 1.64. The average Bonchev–Trinajstić information content (AvgIpc) is 2.67. The number of hydrogen-bond acceptors (Lipinski definition) is 3. The number of carbonyl (C=O) groups excluding carboxylic acids is 1. The predicted molar refractivity (Wildman–Crippen MR) is 99.2 cm³/mol. The Kier molecular flexibility index (Phi) is 5.14. The second-order valence-electron chi connectivity index (χ2n) is 5.79. The van der Waals surface area contributed by atoms with E-state index in [1.807, 2.05) is 72.8 Å². The Labute approximate surface area is 147 Å². The van der Waals surface area contributed by atoms with Gasteiger partial charge in [-0.3, -0.25) is 4.79 Å². The molecule has 0 heterocycles. The third kappa shape index (κ3) is 4.27. The second-order valence-corrected chi connectivity index (χ2v) is 5.79. The second kappa shape index (κ2) is 7.67. The molecule has 3 heteroatoms. The van der Waals surface area contributed by atoms with Crippen molar-refractivity contribution in [3.63, 3.8) is 0 Å². The van der Waals surface area contributed by atoms with Gasteiger partial charge in [-0.2, -0.15) is 0 Å². The fraction of sp³-hybridized carbons (Fsp3) is 0.136. The SMILES string of the molecule is COc1ccc(COc2ccc(-c3ccc(C(C)=O)cc3)cc2)cc1. The molecule has 0 aromatic heterocycles. The first kappa shape index (κ1) is 16.8. The van der Waals surface area contributed by atoms with Crippen molar-refractivity contribution in [2.45, 2.75) is 13.5 Å². The van der Waals surface area contributed by atoms with Gasteiger partial charge in [0.1, 0.15) is 18.1 Å². The Hall–Kier alpha value is -3.07. The van der Waals surface area contributed by atoms with Gasteiger partial charge in [-0.15, -0.1) is 0 Å². The monoisotopic (exact) mass is 332 g/mol. The molecule has 25 heavy (non-hydrogen) atoms. The fourth-order valence-electron chi connectivity index (χ4n) is 2.53. The van der Waals surface area contributed by atoms with Gasteiger partial charge < -0.3 is 9.47 Å². The van der Waals surface area contributed by atoms with Crippen LogP contribution >= 0.6 is 0 Å². The molecule has 0 spiro atoms. The van der Waals surface area contributed by atoms with Gasteiger partial charge in [-0.05, 0) is 47.9 Å². The molecule has 0 aliphatic heterocycles. The van der Waals surface area contributed by atoms with Crippen molar-refractivity contribution in [1.29, 1.82) is 0 Å². The summed E-state index contributed by atoms with van der Waals surface area (Å²) in [6.45, 7) is 2.08. The maximum Gasteiger partial charge on any atom is 0.159 e. The lowest BCUT2D eigenvalue weighted by Gasteiger charge is -2.08. The summed E-state index contributed by atoms with van der Waals surface area (Å²) in [5.41, 5.74) is 3.98. The van der Waals surface area contributed by atoms with Gasteiger partial charge in [0.15, 0.2) is 5.78 Å². The van der Waals surface area contributed by atoms with E-state index < -0.39 is 0 Å². The number of Topliss-reactive ketones (excluding diaryl/α,β-unsaturated/α-hetero) is 1. The van der Waals surface area contributed by atoms with E-state index in [0.717, 1.165) is 33.8 Å². The van der Waals surface area contributed by atoms with Crippen molar-refractivity contribution in [3.05, 3.63) is 83.9 Å². The highest BCUT2D eigenvalue weighted by atomic mass is 16.5. The molecule has 0 fully saturated rings. The minimum Gasteiger partial charge on any atom is -0.497 e. The van der Waals surface area contributed by atoms with Crippen LogP contribution in [0.15, 0.2) is 72.8 Å². The molecule has 0 unspecified atom stereocenters. The van der Waals surface area contributed by atoms with E-state index in [1.54, 1.807) is 14.0 Å². The van der Waals surface area contributed by atoms with Gasteiger partial charge in [-0.1, -0.05) is 48.5 Å². The highest BCUT2D eigenvalue weighted by Gasteiger charge is 2.02. The van der Waals surface area contributed by atoms with Crippen molar-refractivity contribution < 1.29 is 14.3 Å². The highest BCUT2D eigenvalue weighted by molar-refractivity contribution is 5.94. The summed E-state index contributed by atoms with van der Waals surface area (Å²) in [7, 11) is 1.65. The maximum absolute atomic E-state index is 11.3. The number of benzene rings is 3. The lowest BCUT2D eigenvalue weighted by molar-refractivity contribution is 0.101. The number of carbonyl (C=O) groups is 1. The van der Waals surface area contributed by atoms with Crippen molar-refractivity contribution in [1.82, 2.24) is 0 Å². The van der Waals surface area contributed by atoms with Crippen LogP contribution in [0.5, 0.6) is 11.5 Å². The molecule has 126 valence electrons. The molecule has 3 aromatic carbocycles. The van der Waals surface area contributed by atoms with E-state index in [2.05, 4.69) is 0 Å². The lowest BCUT2D eigenvalue weighted by atomic mass is 10.0. The van der Waals surface area contributed by atoms with Crippen LogP contribution in [0.2, 0.25) is 0 Å². The molecule has 0 radical (unpaired) electrons. The fourth-order valence-corrected chi connectivity index (χ4v) is 2.53. The number of ketones is 1. The van der Waals surface area contributed by atoms with E-state index in [9.17, 15) is 4.79 Å². The standard InChI is InChI=1S/C22H20O3/c1-16(23)18-5-7-19(8-6-18)20-9-13-22(14-10-20)25-15-17-3-11-21(24-2)12-4-17/h3-14H,15H2,1-2H3. The lowest BCUT2D eigenvalue weighted by Crippen LogP contribution is -1.95. The molecular formula is C22H20O3. The van der Waals surface area contributed by atoms with Gasteiger partial charge in [0.25, 0.3) is 0 Å². The molecule has 0 bridgehead atoms. The molecule has 0 N–H and O–H groups in total. The van der Waals surface area contributed by atoms with Crippen LogP contribution in [0, 0.1) is 0 Å². The van der Waals surface area contributed by atoms with E-state index in [4.69, 9.17) is 9.47 Å². The predicted octanol–water partition coefficient (Wildman–Crippen LogP) is 5.14. The Morgan fingerprint density at radius 2 is 1.28 bits per heavy atom. The Morgan fingerprint density at radius 3 is 1.80 bits per heavy atom. The molecule has 0 aliphatic rings. The number of methoxy groups -OCH3 is 1. The summed E-state index contributed by atoms with van der Waals surface area (Å²) >= 11 is 0. The van der Waals surface area contributed by atoms with Gasteiger partial charge in [0, 0.05) is 5.56 Å². The summed E-state index contributed by atoms with van der Waals surface area (Å²) in [6, 6.07) is 23.4. The Bertz CT molecular complexity index is 832. The Morgan fingerprint density at radius 1 is 0.760 bits per heavy atom. The van der Waals surface area contributed by atoms with Crippen molar-refractivity contribution in [2.24, 2.45) is 0 Å². The quantitative estimate of drug-likeness (QED) is 0.586. The summed E-state index contributed by atoms with van der Waals surface area (Å²) < 4.78 is 11.0.